The highest BCUT2D eigenvalue weighted by Crippen LogP contribution is 2.29. The summed E-state index contributed by atoms with van der Waals surface area (Å²) < 4.78 is 6.82. The fourth-order valence-corrected chi connectivity index (χ4v) is 3.80. The molecule has 0 saturated heterocycles. The molecule has 3 aromatic carbocycles. The maximum atomic E-state index is 12.2. The number of unbranched alkanes of at least 4 members (excludes halogenated alkanes) is 1. The number of carbonyl (C=O) groups excluding carboxylic acids is 1. The molecule has 0 fully saturated rings. The highest BCUT2D eigenvalue weighted by atomic mass is 16.4. The van der Waals surface area contributed by atoms with Crippen LogP contribution in [-0.2, 0) is 13.0 Å². The predicted molar refractivity (Wildman–Crippen MR) is 122 cm³/mol. The first-order chi connectivity index (χ1) is 15.5. The van der Waals surface area contributed by atoms with Crippen LogP contribution in [0.25, 0.3) is 22.2 Å². The topological polar surface area (TPSA) is 102 Å². The van der Waals surface area contributed by atoms with Gasteiger partial charge in [-0.15, -0.1) is 0 Å². The number of carboxylic acid groups (broad SMARTS) is 1. The zero-order valence-corrected chi connectivity index (χ0v) is 17.3. The summed E-state index contributed by atoms with van der Waals surface area (Å²) in [6.07, 6.45) is 1.90. The van der Waals surface area contributed by atoms with Crippen LogP contribution >= 0.6 is 0 Å². The van der Waals surface area contributed by atoms with Crippen molar-refractivity contribution < 1.29 is 19.1 Å². The van der Waals surface area contributed by atoms with Gasteiger partial charge in [-0.25, -0.2) is 9.59 Å². The van der Waals surface area contributed by atoms with Crippen molar-refractivity contribution >= 4 is 29.2 Å². The molecule has 0 aliphatic heterocycles. The van der Waals surface area contributed by atoms with Crippen molar-refractivity contribution in [3.8, 4) is 11.1 Å². The van der Waals surface area contributed by atoms with E-state index in [1.54, 1.807) is 22.8 Å². The van der Waals surface area contributed by atoms with Gasteiger partial charge in [0.1, 0.15) is 6.29 Å². The van der Waals surface area contributed by atoms with Crippen LogP contribution in [0.5, 0.6) is 0 Å². The molecule has 1 heterocycles. The van der Waals surface area contributed by atoms with E-state index in [1.165, 1.54) is 0 Å². The van der Waals surface area contributed by atoms with Crippen molar-refractivity contribution in [2.24, 2.45) is 0 Å². The normalized spacial score (nSPS) is 10.9. The van der Waals surface area contributed by atoms with Crippen molar-refractivity contribution in [3.05, 3.63) is 88.4 Å². The monoisotopic (exact) mass is 430 g/mol. The van der Waals surface area contributed by atoms with Crippen molar-refractivity contribution in [2.75, 3.05) is 5.32 Å². The summed E-state index contributed by atoms with van der Waals surface area (Å²) >= 11 is 0. The van der Waals surface area contributed by atoms with Gasteiger partial charge in [-0.05, 0) is 54.7 Å². The van der Waals surface area contributed by atoms with Crippen molar-refractivity contribution in [1.82, 2.24) is 4.57 Å². The third-order valence-electron chi connectivity index (χ3n) is 5.34. The lowest BCUT2D eigenvalue weighted by atomic mass is 9.99. The first-order valence-corrected chi connectivity index (χ1v) is 10.3. The molecule has 0 aliphatic rings. The number of aromatic nitrogens is 1. The Balaban J connectivity index is 1.45. The highest BCUT2D eigenvalue weighted by Gasteiger charge is 2.11. The summed E-state index contributed by atoms with van der Waals surface area (Å²) in [6, 6.07) is 20.3. The molecule has 2 N–H and O–H groups in total. The molecule has 1 amide bonds. The van der Waals surface area contributed by atoms with Gasteiger partial charge in [-0.2, -0.15) is 0 Å². The second kappa shape index (κ2) is 9.34. The summed E-state index contributed by atoms with van der Waals surface area (Å²) in [5, 5.41) is 11.7. The molecular weight excluding hydrogens is 408 g/mol. The minimum atomic E-state index is -1.11. The number of aryl methyl sites for hydroxylation is 2. The van der Waals surface area contributed by atoms with Crippen LogP contribution in [0.4, 0.5) is 10.5 Å². The number of nitrogens with one attached hydrogen (secondary N) is 1. The van der Waals surface area contributed by atoms with E-state index >= 15 is 0 Å². The third kappa shape index (κ3) is 4.62. The Morgan fingerprint density at radius 2 is 1.84 bits per heavy atom. The van der Waals surface area contributed by atoms with E-state index in [2.05, 4.69) is 5.32 Å². The Hall–Kier alpha value is -4.13. The van der Waals surface area contributed by atoms with Gasteiger partial charge in [0.2, 0.25) is 0 Å². The molecule has 0 aliphatic carbocycles. The maximum absolute atomic E-state index is 12.2. The number of aldehydes is 1. The summed E-state index contributed by atoms with van der Waals surface area (Å²) in [7, 11) is 0. The van der Waals surface area contributed by atoms with Crippen LogP contribution in [0.3, 0.4) is 0 Å². The molecule has 1 aromatic heterocycles. The van der Waals surface area contributed by atoms with E-state index in [-0.39, 0.29) is 0 Å². The van der Waals surface area contributed by atoms with Crippen LogP contribution in [0.15, 0.2) is 75.9 Å². The van der Waals surface area contributed by atoms with Gasteiger partial charge in [0.05, 0.1) is 11.2 Å². The Kier molecular flexibility index (Phi) is 6.17. The number of fused-ring (bicyclic) bond motifs is 1. The molecule has 0 radical (unpaired) electrons. The number of anilines is 1. The van der Waals surface area contributed by atoms with Crippen molar-refractivity contribution in [2.45, 2.75) is 25.8 Å². The SMILES string of the molecule is O=Cc1ccc2c(c1)oc(=O)n2CCCCc1ccc(-c2ccccc2)c(NC(=O)O)c1. The van der Waals surface area contributed by atoms with Gasteiger partial charge < -0.3 is 9.52 Å². The second-order valence-corrected chi connectivity index (χ2v) is 7.50. The average Bonchev–Trinajstić information content (AvgIpc) is 3.11. The average molecular weight is 430 g/mol. The van der Waals surface area contributed by atoms with Gasteiger partial charge in [-0.3, -0.25) is 14.7 Å². The summed E-state index contributed by atoms with van der Waals surface area (Å²) in [5.74, 6) is -0.441. The minimum Gasteiger partial charge on any atom is -0.465 e. The minimum absolute atomic E-state index is 0.403. The van der Waals surface area contributed by atoms with E-state index in [1.807, 2.05) is 48.5 Å². The molecule has 7 heteroatoms. The van der Waals surface area contributed by atoms with Gasteiger partial charge >= 0.3 is 11.8 Å². The highest BCUT2D eigenvalue weighted by molar-refractivity contribution is 5.90. The number of amides is 1. The summed E-state index contributed by atoms with van der Waals surface area (Å²) in [6.45, 7) is 0.495. The molecule has 0 spiro atoms. The molecule has 0 saturated carbocycles. The molecule has 4 aromatic rings. The molecule has 7 nitrogen and oxygen atoms in total. The second-order valence-electron chi connectivity index (χ2n) is 7.50. The lowest BCUT2D eigenvalue weighted by Gasteiger charge is -2.12. The molecule has 0 unspecified atom stereocenters. The van der Waals surface area contributed by atoms with E-state index < -0.39 is 11.8 Å². The van der Waals surface area contributed by atoms with Crippen LogP contribution in [0.1, 0.15) is 28.8 Å². The van der Waals surface area contributed by atoms with E-state index in [4.69, 9.17) is 4.42 Å². The van der Waals surface area contributed by atoms with E-state index in [9.17, 15) is 19.5 Å². The lowest BCUT2D eigenvalue weighted by Crippen LogP contribution is -2.14. The fraction of sp³-hybridized carbons (Fsp3) is 0.160. The fourth-order valence-electron chi connectivity index (χ4n) is 3.80. The molecule has 0 bridgehead atoms. The third-order valence-corrected chi connectivity index (χ3v) is 5.34. The predicted octanol–water partition coefficient (Wildman–Crippen LogP) is 5.19. The van der Waals surface area contributed by atoms with Crippen molar-refractivity contribution in [3.63, 3.8) is 0 Å². The maximum Gasteiger partial charge on any atom is 0.419 e. The zero-order valence-electron chi connectivity index (χ0n) is 17.3. The Bertz CT molecular complexity index is 1320. The zero-order chi connectivity index (χ0) is 22.5. The number of hydrogen-bond donors (Lipinski definition) is 2. The van der Waals surface area contributed by atoms with Gasteiger partial charge in [0, 0.05) is 17.7 Å². The number of hydrogen-bond acceptors (Lipinski definition) is 4. The van der Waals surface area contributed by atoms with Crippen LogP contribution in [0.2, 0.25) is 0 Å². The summed E-state index contributed by atoms with van der Waals surface area (Å²) in [4.78, 5) is 34.3. The standard InChI is InChI=1S/C25H22N2O5/c28-16-18-10-12-22-23(15-18)32-25(31)27(22)13-5-4-6-17-9-11-20(19-7-2-1-3-8-19)21(14-17)26-24(29)30/h1-3,7-12,14-16,26H,4-6,13H2,(H,29,30). The first-order valence-electron chi connectivity index (χ1n) is 10.3. The number of nitrogens with zero attached hydrogens (tertiary/aromatic N) is 1. The largest absolute Gasteiger partial charge is 0.465 e. The van der Waals surface area contributed by atoms with E-state index in [0.29, 0.717) is 35.2 Å². The lowest BCUT2D eigenvalue weighted by molar-refractivity contribution is 0.112. The van der Waals surface area contributed by atoms with Crippen LogP contribution < -0.4 is 11.1 Å². The first kappa shape index (κ1) is 21.1. The molecule has 0 atom stereocenters. The Morgan fingerprint density at radius 1 is 1.03 bits per heavy atom. The van der Waals surface area contributed by atoms with Crippen LogP contribution in [0, 0.1) is 0 Å². The van der Waals surface area contributed by atoms with Gasteiger partial charge in [-0.1, -0.05) is 42.5 Å². The number of carbonyl (C=O) groups is 2. The molecule has 162 valence electrons. The quantitative estimate of drug-likeness (QED) is 0.296. The molecular formula is C25H22N2O5. The van der Waals surface area contributed by atoms with Gasteiger partial charge in [0.25, 0.3) is 0 Å². The molecule has 32 heavy (non-hydrogen) atoms. The smallest absolute Gasteiger partial charge is 0.419 e. The van der Waals surface area contributed by atoms with Gasteiger partial charge in [0.15, 0.2) is 5.58 Å². The number of oxazole rings is 1. The van der Waals surface area contributed by atoms with E-state index in [0.717, 1.165) is 36.0 Å². The molecule has 4 rings (SSSR count). The Labute approximate surface area is 183 Å². The number of rotatable bonds is 8. The van der Waals surface area contributed by atoms with Crippen LogP contribution in [-0.4, -0.2) is 22.1 Å². The summed E-state index contributed by atoms with van der Waals surface area (Å²) in [5.41, 5.74) is 4.84. The number of benzene rings is 3. The van der Waals surface area contributed by atoms with Crippen molar-refractivity contribution in [1.29, 1.82) is 0 Å². The Morgan fingerprint density at radius 3 is 2.59 bits per heavy atom.